The molecule has 3 aromatic carbocycles. The van der Waals surface area contributed by atoms with E-state index in [1.54, 1.807) is 43.3 Å². The van der Waals surface area contributed by atoms with Gasteiger partial charge in [0.15, 0.2) is 11.5 Å². The SMILES string of the molecule is C=C(C)C(=O)OCCOc1ccc(C(=O)Oc2ccc(C(=O)Oc3ccc(CC)cc3)cc2OC)cc1. The molecule has 0 aliphatic carbocycles. The quantitative estimate of drug-likeness (QED) is 0.152. The molecule has 8 heteroatoms. The summed E-state index contributed by atoms with van der Waals surface area (Å²) in [6, 6.07) is 17.9. The number of aryl methyl sites for hydroxylation is 1. The Morgan fingerprint density at radius 1 is 0.757 bits per heavy atom. The van der Waals surface area contributed by atoms with E-state index in [2.05, 4.69) is 6.58 Å². The molecule has 0 amide bonds. The second kappa shape index (κ2) is 12.9. The Morgan fingerprint density at radius 3 is 2.00 bits per heavy atom. The Hall–Kier alpha value is -4.59. The van der Waals surface area contributed by atoms with Crippen molar-refractivity contribution in [2.45, 2.75) is 20.3 Å². The molecular formula is C29H28O8. The number of carbonyl (C=O) groups excluding carboxylic acids is 3. The second-order valence-corrected chi connectivity index (χ2v) is 7.93. The van der Waals surface area contributed by atoms with Gasteiger partial charge in [0, 0.05) is 5.57 Å². The Bertz CT molecular complexity index is 1260. The van der Waals surface area contributed by atoms with Crippen LogP contribution in [0.5, 0.6) is 23.0 Å². The smallest absolute Gasteiger partial charge is 0.343 e. The van der Waals surface area contributed by atoms with Gasteiger partial charge in [0.2, 0.25) is 0 Å². The van der Waals surface area contributed by atoms with Crippen molar-refractivity contribution in [1.29, 1.82) is 0 Å². The topological polar surface area (TPSA) is 97.4 Å². The van der Waals surface area contributed by atoms with Crippen LogP contribution in [0.1, 0.15) is 40.1 Å². The van der Waals surface area contributed by atoms with Crippen molar-refractivity contribution in [1.82, 2.24) is 0 Å². The molecule has 0 atom stereocenters. The van der Waals surface area contributed by atoms with Crippen molar-refractivity contribution in [3.05, 3.63) is 95.6 Å². The molecule has 0 N–H and O–H groups in total. The van der Waals surface area contributed by atoms with Crippen LogP contribution in [0, 0.1) is 0 Å². The summed E-state index contributed by atoms with van der Waals surface area (Å²) in [5.74, 6) is -0.394. The summed E-state index contributed by atoms with van der Waals surface area (Å²) < 4.78 is 26.6. The molecule has 8 nitrogen and oxygen atoms in total. The summed E-state index contributed by atoms with van der Waals surface area (Å²) in [6.45, 7) is 7.33. The van der Waals surface area contributed by atoms with E-state index in [1.807, 2.05) is 19.1 Å². The zero-order valence-electron chi connectivity index (χ0n) is 20.9. The highest BCUT2D eigenvalue weighted by molar-refractivity contribution is 5.93. The van der Waals surface area contributed by atoms with E-state index in [4.69, 9.17) is 23.7 Å². The van der Waals surface area contributed by atoms with Gasteiger partial charge in [-0.05, 0) is 73.5 Å². The summed E-state index contributed by atoms with van der Waals surface area (Å²) in [6.07, 6.45) is 0.887. The van der Waals surface area contributed by atoms with Gasteiger partial charge in [-0.2, -0.15) is 0 Å². The maximum absolute atomic E-state index is 12.6. The van der Waals surface area contributed by atoms with E-state index >= 15 is 0 Å². The Balaban J connectivity index is 1.58. The lowest BCUT2D eigenvalue weighted by Crippen LogP contribution is -2.13. The molecule has 3 rings (SSSR count). The summed E-state index contributed by atoms with van der Waals surface area (Å²) in [5, 5.41) is 0. The fourth-order valence-electron chi connectivity index (χ4n) is 3.10. The second-order valence-electron chi connectivity index (χ2n) is 7.93. The first-order chi connectivity index (χ1) is 17.8. The molecule has 0 fully saturated rings. The number of hydrogen-bond donors (Lipinski definition) is 0. The van der Waals surface area contributed by atoms with Gasteiger partial charge in [-0.15, -0.1) is 0 Å². The van der Waals surface area contributed by atoms with E-state index < -0.39 is 17.9 Å². The van der Waals surface area contributed by atoms with Gasteiger partial charge in [0.05, 0.1) is 18.2 Å². The molecule has 0 aliphatic rings. The zero-order valence-corrected chi connectivity index (χ0v) is 20.9. The standard InChI is InChI=1S/C29H28O8/c1-5-20-6-11-24(12-7-20)36-29(32)22-10-15-25(26(18-22)33-4)37-28(31)21-8-13-23(14-9-21)34-16-17-35-27(30)19(2)3/h6-15,18H,2,5,16-17H2,1,3-4H3. The van der Waals surface area contributed by atoms with E-state index in [9.17, 15) is 14.4 Å². The predicted molar refractivity (Wildman–Crippen MR) is 136 cm³/mol. The molecule has 0 saturated heterocycles. The lowest BCUT2D eigenvalue weighted by Gasteiger charge is -2.12. The van der Waals surface area contributed by atoms with Crippen LogP contribution in [0.25, 0.3) is 0 Å². The fourth-order valence-corrected chi connectivity index (χ4v) is 3.10. The van der Waals surface area contributed by atoms with Gasteiger partial charge >= 0.3 is 17.9 Å². The Kier molecular flexibility index (Phi) is 9.43. The highest BCUT2D eigenvalue weighted by Crippen LogP contribution is 2.29. The molecule has 0 aliphatic heterocycles. The normalized spacial score (nSPS) is 10.2. The molecule has 0 saturated carbocycles. The molecule has 192 valence electrons. The highest BCUT2D eigenvalue weighted by atomic mass is 16.6. The van der Waals surface area contributed by atoms with E-state index in [0.29, 0.717) is 17.1 Å². The van der Waals surface area contributed by atoms with Crippen LogP contribution in [0.3, 0.4) is 0 Å². The molecule has 0 heterocycles. The van der Waals surface area contributed by atoms with Crippen LogP contribution >= 0.6 is 0 Å². The van der Waals surface area contributed by atoms with Gasteiger partial charge in [-0.25, -0.2) is 14.4 Å². The monoisotopic (exact) mass is 504 g/mol. The molecular weight excluding hydrogens is 476 g/mol. The van der Waals surface area contributed by atoms with Crippen molar-refractivity contribution in [2.75, 3.05) is 20.3 Å². The summed E-state index contributed by atoms with van der Waals surface area (Å²) in [5.41, 5.74) is 1.97. The zero-order chi connectivity index (χ0) is 26.8. The Labute approximate surface area is 215 Å². The first-order valence-electron chi connectivity index (χ1n) is 11.6. The lowest BCUT2D eigenvalue weighted by atomic mass is 10.1. The minimum Gasteiger partial charge on any atom is -0.493 e. The van der Waals surface area contributed by atoms with Gasteiger partial charge in [-0.3, -0.25) is 0 Å². The fraction of sp³-hybridized carbons (Fsp3) is 0.207. The van der Waals surface area contributed by atoms with E-state index in [-0.39, 0.29) is 35.8 Å². The Morgan fingerprint density at radius 2 is 1.38 bits per heavy atom. The predicted octanol–water partition coefficient (Wildman–Crippen LogP) is 5.19. The van der Waals surface area contributed by atoms with Gasteiger partial charge in [-0.1, -0.05) is 25.6 Å². The van der Waals surface area contributed by atoms with Crippen molar-refractivity contribution < 1.29 is 38.1 Å². The van der Waals surface area contributed by atoms with Crippen molar-refractivity contribution >= 4 is 17.9 Å². The number of hydrogen-bond acceptors (Lipinski definition) is 8. The third-order valence-electron chi connectivity index (χ3n) is 5.17. The van der Waals surface area contributed by atoms with Crippen molar-refractivity contribution in [3.63, 3.8) is 0 Å². The summed E-state index contributed by atoms with van der Waals surface area (Å²) in [7, 11) is 1.41. The molecule has 0 bridgehead atoms. The van der Waals surface area contributed by atoms with Crippen molar-refractivity contribution in [3.8, 4) is 23.0 Å². The number of carbonyl (C=O) groups is 3. The first kappa shape index (κ1) is 27.0. The first-order valence-corrected chi connectivity index (χ1v) is 11.6. The van der Waals surface area contributed by atoms with Gasteiger partial charge < -0.3 is 23.7 Å². The van der Waals surface area contributed by atoms with Gasteiger partial charge in [0.25, 0.3) is 0 Å². The molecule has 37 heavy (non-hydrogen) atoms. The van der Waals surface area contributed by atoms with Crippen molar-refractivity contribution in [2.24, 2.45) is 0 Å². The average Bonchev–Trinajstić information content (AvgIpc) is 2.91. The minimum absolute atomic E-state index is 0.0734. The average molecular weight is 505 g/mol. The maximum Gasteiger partial charge on any atom is 0.343 e. The van der Waals surface area contributed by atoms with Crippen LogP contribution in [0.4, 0.5) is 0 Å². The third kappa shape index (κ3) is 7.70. The van der Waals surface area contributed by atoms with Gasteiger partial charge in [0.1, 0.15) is 24.7 Å². The molecule has 0 radical (unpaired) electrons. The number of esters is 3. The molecule has 0 aromatic heterocycles. The molecule has 0 unspecified atom stereocenters. The van der Waals surface area contributed by atoms with Crippen LogP contribution in [-0.4, -0.2) is 38.2 Å². The lowest BCUT2D eigenvalue weighted by molar-refractivity contribution is -0.139. The largest absolute Gasteiger partial charge is 0.493 e. The minimum atomic E-state index is -0.619. The molecule has 0 spiro atoms. The summed E-state index contributed by atoms with van der Waals surface area (Å²) in [4.78, 5) is 36.5. The maximum atomic E-state index is 12.6. The van der Waals surface area contributed by atoms with E-state index in [1.165, 1.54) is 25.3 Å². The third-order valence-corrected chi connectivity index (χ3v) is 5.17. The number of methoxy groups -OCH3 is 1. The van der Waals surface area contributed by atoms with Crippen LogP contribution in [0.2, 0.25) is 0 Å². The number of rotatable bonds is 11. The van der Waals surface area contributed by atoms with Crippen LogP contribution < -0.4 is 18.9 Å². The van der Waals surface area contributed by atoms with E-state index in [0.717, 1.165) is 12.0 Å². The summed E-state index contributed by atoms with van der Waals surface area (Å²) >= 11 is 0. The highest BCUT2D eigenvalue weighted by Gasteiger charge is 2.17. The number of ether oxygens (including phenoxy) is 5. The molecule has 3 aromatic rings. The number of benzene rings is 3. The van der Waals surface area contributed by atoms with Crippen LogP contribution in [-0.2, 0) is 16.0 Å². The van der Waals surface area contributed by atoms with Crippen LogP contribution in [0.15, 0.2) is 78.9 Å².